The van der Waals surface area contributed by atoms with Crippen molar-refractivity contribution in [2.45, 2.75) is 58.9 Å². The Morgan fingerprint density at radius 3 is 2.39 bits per heavy atom. The zero-order valence-electron chi connectivity index (χ0n) is 12.1. The second-order valence-corrected chi connectivity index (χ2v) is 6.26. The number of hydrogen-bond acceptors (Lipinski definition) is 1. The van der Waals surface area contributed by atoms with Crippen LogP contribution in [0.1, 0.15) is 63.6 Å². The third-order valence-corrected chi connectivity index (χ3v) is 4.41. The molecule has 1 unspecified atom stereocenters. The van der Waals surface area contributed by atoms with Gasteiger partial charge in [0, 0.05) is 12.6 Å². The normalized spacial score (nSPS) is 19.3. The average Bonchev–Trinajstić information content (AvgIpc) is 2.35. The highest BCUT2D eigenvalue weighted by atomic mass is 14.9. The predicted octanol–water partition coefficient (Wildman–Crippen LogP) is 4.48. The molecular formula is C17H27N. The van der Waals surface area contributed by atoms with Crippen molar-refractivity contribution in [3.8, 4) is 0 Å². The zero-order chi connectivity index (χ0) is 13.0. The maximum absolute atomic E-state index is 3.69. The lowest BCUT2D eigenvalue weighted by molar-refractivity contribution is 0.152. The largest absolute Gasteiger partial charge is 0.310 e. The van der Waals surface area contributed by atoms with Crippen molar-refractivity contribution < 1.29 is 0 Å². The van der Waals surface area contributed by atoms with Gasteiger partial charge < -0.3 is 5.32 Å². The van der Waals surface area contributed by atoms with Crippen LogP contribution in [0.3, 0.4) is 0 Å². The lowest BCUT2D eigenvalue weighted by Crippen LogP contribution is -2.38. The van der Waals surface area contributed by atoms with E-state index in [0.29, 0.717) is 11.5 Å². The topological polar surface area (TPSA) is 12.0 Å². The summed E-state index contributed by atoms with van der Waals surface area (Å²) in [5.41, 5.74) is 3.44. The molecule has 1 aliphatic rings. The van der Waals surface area contributed by atoms with E-state index in [9.17, 15) is 0 Å². The van der Waals surface area contributed by atoms with Gasteiger partial charge in [0.1, 0.15) is 0 Å². The zero-order valence-corrected chi connectivity index (χ0v) is 12.1. The van der Waals surface area contributed by atoms with Crippen molar-refractivity contribution in [1.82, 2.24) is 5.32 Å². The Labute approximate surface area is 112 Å². The van der Waals surface area contributed by atoms with Crippen LogP contribution >= 0.6 is 0 Å². The quantitative estimate of drug-likeness (QED) is 0.779. The van der Waals surface area contributed by atoms with E-state index in [1.165, 1.54) is 43.2 Å². The van der Waals surface area contributed by atoms with Crippen LogP contribution in [0, 0.1) is 5.41 Å². The maximum atomic E-state index is 3.69. The lowest BCUT2D eigenvalue weighted by atomic mass is 9.70. The summed E-state index contributed by atoms with van der Waals surface area (Å²) in [7, 11) is 0. The maximum Gasteiger partial charge on any atom is 0.0292 e. The third kappa shape index (κ3) is 3.35. The van der Waals surface area contributed by atoms with Crippen LogP contribution in [0.15, 0.2) is 24.3 Å². The molecule has 1 N–H and O–H groups in total. The van der Waals surface area contributed by atoms with Crippen LogP contribution in [0.5, 0.6) is 0 Å². The van der Waals surface area contributed by atoms with Gasteiger partial charge in [-0.05, 0) is 42.7 Å². The Bertz CT molecular complexity index is 362. The molecule has 2 rings (SSSR count). The Hall–Kier alpha value is -0.820. The van der Waals surface area contributed by atoms with Gasteiger partial charge in [-0.15, -0.1) is 0 Å². The minimum Gasteiger partial charge on any atom is -0.310 e. The predicted molar refractivity (Wildman–Crippen MR) is 78.8 cm³/mol. The fourth-order valence-electron chi connectivity index (χ4n) is 2.74. The van der Waals surface area contributed by atoms with Crippen molar-refractivity contribution in [2.24, 2.45) is 5.41 Å². The highest BCUT2D eigenvalue weighted by Crippen LogP contribution is 2.39. The summed E-state index contributed by atoms with van der Waals surface area (Å²) in [6, 6.07) is 9.60. The van der Waals surface area contributed by atoms with Crippen LogP contribution in [0.2, 0.25) is 0 Å². The van der Waals surface area contributed by atoms with Crippen LogP contribution < -0.4 is 5.32 Å². The molecule has 0 aromatic heterocycles. The number of rotatable bonds is 6. The standard InChI is InChI=1S/C17H27N/c1-4-6-15-7-9-16(10-8-15)14(2)18-13-17(3)11-5-12-17/h7-10,14,18H,4-6,11-13H2,1-3H3. The molecule has 0 aliphatic heterocycles. The summed E-state index contributed by atoms with van der Waals surface area (Å²) in [6.07, 6.45) is 6.62. The number of hydrogen-bond donors (Lipinski definition) is 1. The Morgan fingerprint density at radius 1 is 1.22 bits per heavy atom. The molecule has 0 bridgehead atoms. The highest BCUT2D eigenvalue weighted by molar-refractivity contribution is 5.24. The molecule has 0 heterocycles. The first-order valence-corrected chi connectivity index (χ1v) is 7.45. The molecule has 1 saturated carbocycles. The monoisotopic (exact) mass is 245 g/mol. The molecule has 1 atom stereocenters. The summed E-state index contributed by atoms with van der Waals surface area (Å²) < 4.78 is 0. The van der Waals surface area contributed by atoms with Gasteiger partial charge in [0.05, 0.1) is 0 Å². The number of benzene rings is 1. The van der Waals surface area contributed by atoms with Gasteiger partial charge in [-0.25, -0.2) is 0 Å². The molecule has 0 radical (unpaired) electrons. The average molecular weight is 245 g/mol. The second kappa shape index (κ2) is 5.88. The molecule has 1 aromatic carbocycles. The molecule has 1 nitrogen and oxygen atoms in total. The summed E-state index contributed by atoms with van der Waals surface area (Å²) in [4.78, 5) is 0. The molecule has 18 heavy (non-hydrogen) atoms. The highest BCUT2D eigenvalue weighted by Gasteiger charge is 2.31. The Morgan fingerprint density at radius 2 is 1.89 bits per heavy atom. The van der Waals surface area contributed by atoms with Crippen molar-refractivity contribution in [1.29, 1.82) is 0 Å². The van der Waals surface area contributed by atoms with E-state index in [4.69, 9.17) is 0 Å². The molecular weight excluding hydrogens is 218 g/mol. The van der Waals surface area contributed by atoms with Gasteiger partial charge in [0.25, 0.3) is 0 Å². The van der Waals surface area contributed by atoms with Gasteiger partial charge in [-0.1, -0.05) is 51.0 Å². The van der Waals surface area contributed by atoms with Crippen molar-refractivity contribution in [3.05, 3.63) is 35.4 Å². The fourth-order valence-corrected chi connectivity index (χ4v) is 2.74. The Balaban J connectivity index is 1.85. The van der Waals surface area contributed by atoms with Crippen LogP contribution in [-0.2, 0) is 6.42 Å². The van der Waals surface area contributed by atoms with Gasteiger partial charge in [0.2, 0.25) is 0 Å². The molecule has 1 aliphatic carbocycles. The smallest absolute Gasteiger partial charge is 0.0292 e. The van der Waals surface area contributed by atoms with E-state index in [1.54, 1.807) is 0 Å². The summed E-state index contributed by atoms with van der Waals surface area (Å²) in [5, 5.41) is 3.69. The van der Waals surface area contributed by atoms with Crippen molar-refractivity contribution in [2.75, 3.05) is 6.54 Å². The van der Waals surface area contributed by atoms with E-state index < -0.39 is 0 Å². The van der Waals surface area contributed by atoms with Crippen LogP contribution in [-0.4, -0.2) is 6.54 Å². The molecule has 100 valence electrons. The molecule has 1 heteroatoms. The van der Waals surface area contributed by atoms with Crippen molar-refractivity contribution in [3.63, 3.8) is 0 Å². The number of aryl methyl sites for hydroxylation is 1. The molecule has 1 fully saturated rings. The minimum absolute atomic E-state index is 0.470. The molecule has 0 amide bonds. The Kier molecular flexibility index (Phi) is 4.45. The molecule has 0 spiro atoms. The minimum atomic E-state index is 0.470. The van der Waals surface area contributed by atoms with Gasteiger partial charge in [0.15, 0.2) is 0 Å². The summed E-state index contributed by atoms with van der Waals surface area (Å²) >= 11 is 0. The molecule has 0 saturated heterocycles. The SMILES string of the molecule is CCCc1ccc(C(C)NCC2(C)CCC2)cc1. The van der Waals surface area contributed by atoms with Crippen LogP contribution in [0.4, 0.5) is 0 Å². The second-order valence-electron chi connectivity index (χ2n) is 6.26. The van der Waals surface area contributed by atoms with E-state index in [0.717, 1.165) is 6.54 Å². The summed E-state index contributed by atoms with van der Waals surface area (Å²) in [5.74, 6) is 0. The van der Waals surface area contributed by atoms with E-state index in [2.05, 4.69) is 50.4 Å². The van der Waals surface area contributed by atoms with Gasteiger partial charge in [-0.2, -0.15) is 0 Å². The van der Waals surface area contributed by atoms with E-state index in [1.807, 2.05) is 0 Å². The van der Waals surface area contributed by atoms with Crippen molar-refractivity contribution >= 4 is 0 Å². The number of nitrogens with one attached hydrogen (secondary N) is 1. The lowest BCUT2D eigenvalue weighted by Gasteiger charge is -2.39. The van der Waals surface area contributed by atoms with E-state index in [-0.39, 0.29) is 0 Å². The van der Waals surface area contributed by atoms with Gasteiger partial charge in [-0.3, -0.25) is 0 Å². The summed E-state index contributed by atoms with van der Waals surface area (Å²) in [6.45, 7) is 8.07. The van der Waals surface area contributed by atoms with E-state index >= 15 is 0 Å². The first-order chi connectivity index (χ1) is 8.63. The molecule has 1 aromatic rings. The van der Waals surface area contributed by atoms with Crippen LogP contribution in [0.25, 0.3) is 0 Å². The first-order valence-electron chi connectivity index (χ1n) is 7.45. The fraction of sp³-hybridized carbons (Fsp3) is 0.647. The first kappa shape index (κ1) is 13.6. The van der Waals surface area contributed by atoms with Gasteiger partial charge >= 0.3 is 0 Å². The third-order valence-electron chi connectivity index (χ3n) is 4.41.